The van der Waals surface area contributed by atoms with Crippen molar-refractivity contribution in [2.24, 2.45) is 5.92 Å². The number of halogens is 1. The quantitative estimate of drug-likeness (QED) is 0.675. The first-order valence-electron chi connectivity index (χ1n) is 9.06. The van der Waals surface area contributed by atoms with Gasteiger partial charge >= 0.3 is 5.97 Å². The molecule has 8 nitrogen and oxygen atoms in total. The Morgan fingerprint density at radius 3 is 2.86 bits per heavy atom. The normalized spacial score (nSPS) is 16.8. The van der Waals surface area contributed by atoms with E-state index in [1.807, 2.05) is 4.90 Å². The number of ether oxygens (including phenoxy) is 1. The zero-order chi connectivity index (χ0) is 20.8. The van der Waals surface area contributed by atoms with Gasteiger partial charge in [0.15, 0.2) is 0 Å². The number of nitrogens with one attached hydrogen (secondary N) is 2. The molecule has 2 aromatic heterocycles. The average Bonchev–Trinajstić information content (AvgIpc) is 3.17. The third kappa shape index (κ3) is 5.75. The van der Waals surface area contributed by atoms with E-state index in [0.717, 1.165) is 19.4 Å². The highest BCUT2D eigenvalue weighted by atomic mass is 35.5. The van der Waals surface area contributed by atoms with Crippen molar-refractivity contribution < 1.29 is 19.1 Å². The second kappa shape index (κ2) is 9.82. The van der Waals surface area contributed by atoms with Gasteiger partial charge in [0.25, 0.3) is 0 Å². The van der Waals surface area contributed by atoms with Crippen LogP contribution in [-0.4, -0.2) is 54.4 Å². The lowest BCUT2D eigenvalue weighted by Crippen LogP contribution is -2.44. The molecule has 1 aliphatic heterocycles. The number of esters is 1. The van der Waals surface area contributed by atoms with Crippen LogP contribution in [0.15, 0.2) is 29.8 Å². The van der Waals surface area contributed by atoms with Crippen molar-refractivity contribution in [2.75, 3.05) is 37.4 Å². The van der Waals surface area contributed by atoms with Crippen LogP contribution in [0.2, 0.25) is 5.02 Å². The molecule has 154 valence electrons. The van der Waals surface area contributed by atoms with Crippen molar-refractivity contribution in [1.29, 1.82) is 0 Å². The Kier molecular flexibility index (Phi) is 7.18. The Morgan fingerprint density at radius 1 is 1.31 bits per heavy atom. The molecule has 1 saturated heterocycles. The second-order valence-electron chi connectivity index (χ2n) is 6.63. The predicted octanol–water partition coefficient (Wildman–Crippen LogP) is 2.87. The maximum absolute atomic E-state index is 12.5. The molecule has 1 fully saturated rings. The Balaban J connectivity index is 1.53. The van der Waals surface area contributed by atoms with E-state index in [4.69, 9.17) is 16.3 Å². The van der Waals surface area contributed by atoms with E-state index in [1.165, 1.54) is 24.6 Å². The van der Waals surface area contributed by atoms with E-state index in [2.05, 4.69) is 15.6 Å². The summed E-state index contributed by atoms with van der Waals surface area (Å²) in [6, 6.07) is 4.98. The van der Waals surface area contributed by atoms with Crippen LogP contribution >= 0.6 is 22.9 Å². The highest BCUT2D eigenvalue weighted by Crippen LogP contribution is 2.23. The molecule has 2 N–H and O–H groups in total. The molecular formula is C19H21ClN4O4S. The maximum atomic E-state index is 12.5. The van der Waals surface area contributed by atoms with E-state index >= 15 is 0 Å². The number of carbonyl (C=O) groups is 3. The first-order valence-corrected chi connectivity index (χ1v) is 10.3. The lowest BCUT2D eigenvalue weighted by atomic mass is 9.97. The number of carbonyl (C=O) groups excluding carboxylic acids is 3. The number of hydrogen-bond donors (Lipinski definition) is 2. The summed E-state index contributed by atoms with van der Waals surface area (Å²) in [6.45, 7) is 1.34. The molecule has 0 bridgehead atoms. The maximum Gasteiger partial charge on any atom is 0.350 e. The summed E-state index contributed by atoms with van der Waals surface area (Å²) in [7, 11) is 1.30. The smallest absolute Gasteiger partial charge is 0.350 e. The second-order valence-corrected chi connectivity index (χ2v) is 7.98. The van der Waals surface area contributed by atoms with Crippen LogP contribution in [0.3, 0.4) is 0 Å². The van der Waals surface area contributed by atoms with Crippen LogP contribution in [0.4, 0.5) is 11.5 Å². The molecule has 0 aliphatic carbocycles. The topological polar surface area (TPSA) is 101 Å². The number of aromatic nitrogens is 1. The summed E-state index contributed by atoms with van der Waals surface area (Å²) in [5.41, 5.74) is 0.437. The van der Waals surface area contributed by atoms with Crippen LogP contribution in [0.1, 0.15) is 22.5 Å². The molecule has 3 rings (SSSR count). The summed E-state index contributed by atoms with van der Waals surface area (Å²) in [5, 5.41) is 7.75. The number of nitrogens with zero attached hydrogens (tertiary/aromatic N) is 2. The summed E-state index contributed by atoms with van der Waals surface area (Å²) in [5.74, 6) is -0.645. The van der Waals surface area contributed by atoms with Crippen LogP contribution in [0.25, 0.3) is 0 Å². The number of anilines is 2. The van der Waals surface area contributed by atoms with Crippen molar-refractivity contribution in [2.45, 2.75) is 12.8 Å². The first-order chi connectivity index (χ1) is 14.0. The van der Waals surface area contributed by atoms with Gasteiger partial charge in [-0.1, -0.05) is 11.6 Å². The molecule has 10 heteroatoms. The van der Waals surface area contributed by atoms with Crippen molar-refractivity contribution in [3.63, 3.8) is 0 Å². The van der Waals surface area contributed by atoms with Crippen LogP contribution in [-0.2, 0) is 14.3 Å². The summed E-state index contributed by atoms with van der Waals surface area (Å²) >= 11 is 7.01. The van der Waals surface area contributed by atoms with Crippen LogP contribution in [0.5, 0.6) is 0 Å². The van der Waals surface area contributed by atoms with Gasteiger partial charge in [-0.15, -0.1) is 11.3 Å². The van der Waals surface area contributed by atoms with Crippen LogP contribution < -0.4 is 10.6 Å². The van der Waals surface area contributed by atoms with Gasteiger partial charge in [-0.25, -0.2) is 9.78 Å². The van der Waals surface area contributed by atoms with Gasteiger partial charge in [-0.2, -0.15) is 0 Å². The lowest BCUT2D eigenvalue weighted by molar-refractivity contribution is -0.123. The molecule has 0 saturated carbocycles. The third-order valence-corrected chi connectivity index (χ3v) is 5.65. The number of piperidine rings is 1. The molecule has 1 atom stereocenters. The highest BCUT2D eigenvalue weighted by Gasteiger charge is 2.27. The third-order valence-electron chi connectivity index (χ3n) is 4.53. The monoisotopic (exact) mass is 436 g/mol. The molecule has 29 heavy (non-hydrogen) atoms. The lowest BCUT2D eigenvalue weighted by Gasteiger charge is -2.31. The average molecular weight is 437 g/mol. The van der Waals surface area contributed by atoms with E-state index in [0.29, 0.717) is 27.9 Å². The minimum absolute atomic E-state index is 0.129. The molecular weight excluding hydrogens is 416 g/mol. The van der Waals surface area contributed by atoms with E-state index in [1.54, 1.807) is 23.6 Å². The van der Waals surface area contributed by atoms with Gasteiger partial charge < -0.3 is 15.4 Å². The predicted molar refractivity (Wildman–Crippen MR) is 111 cm³/mol. The Labute approximate surface area is 177 Å². The molecule has 1 aliphatic rings. The molecule has 3 heterocycles. The number of amides is 2. The van der Waals surface area contributed by atoms with Gasteiger partial charge in [0, 0.05) is 12.7 Å². The largest absolute Gasteiger partial charge is 0.465 e. The molecule has 0 aromatic carbocycles. The fraction of sp³-hybridized carbons (Fsp3) is 0.368. The van der Waals surface area contributed by atoms with Gasteiger partial charge in [-0.3, -0.25) is 14.5 Å². The summed E-state index contributed by atoms with van der Waals surface area (Å²) in [4.78, 5) is 43.0. The molecule has 2 amide bonds. The zero-order valence-corrected chi connectivity index (χ0v) is 17.4. The molecule has 0 spiro atoms. The number of thiophene rings is 1. The van der Waals surface area contributed by atoms with Gasteiger partial charge in [0.2, 0.25) is 11.8 Å². The number of methoxy groups -OCH3 is 1. The molecule has 1 unspecified atom stereocenters. The summed E-state index contributed by atoms with van der Waals surface area (Å²) in [6.07, 6.45) is 3.03. The van der Waals surface area contributed by atoms with Crippen molar-refractivity contribution in [3.05, 3.63) is 39.7 Å². The number of likely N-dealkylation sites (tertiary alicyclic amines) is 1. The Hall–Kier alpha value is -2.49. The number of rotatable bonds is 6. The molecule has 2 aromatic rings. The van der Waals surface area contributed by atoms with Gasteiger partial charge in [-0.05, 0) is 43.0 Å². The number of hydrogen-bond acceptors (Lipinski definition) is 7. The van der Waals surface area contributed by atoms with E-state index in [9.17, 15) is 14.4 Å². The Bertz CT molecular complexity index is 887. The van der Waals surface area contributed by atoms with Crippen LogP contribution in [0, 0.1) is 5.92 Å². The molecule has 0 radical (unpaired) electrons. The fourth-order valence-corrected chi connectivity index (χ4v) is 4.02. The standard InChI is InChI=1S/C19H21ClN4O4S/c1-28-19(27)17-14(6-8-29-17)22-16(25)11-24-7-2-3-12(10-24)18(26)23-15-5-4-13(20)9-21-15/h4-6,8-9,12H,2-3,7,10-11H2,1H3,(H,22,25)(H,21,23,26). The van der Waals surface area contributed by atoms with E-state index < -0.39 is 5.97 Å². The highest BCUT2D eigenvalue weighted by molar-refractivity contribution is 7.12. The minimum Gasteiger partial charge on any atom is -0.465 e. The van der Waals surface area contributed by atoms with Crippen molar-refractivity contribution >= 4 is 52.2 Å². The Morgan fingerprint density at radius 2 is 2.14 bits per heavy atom. The van der Waals surface area contributed by atoms with Gasteiger partial charge in [0.05, 0.1) is 30.3 Å². The SMILES string of the molecule is COC(=O)c1sccc1NC(=O)CN1CCCC(C(=O)Nc2ccc(Cl)cn2)C1. The minimum atomic E-state index is -0.485. The fourth-order valence-electron chi connectivity index (χ4n) is 3.14. The zero-order valence-electron chi connectivity index (χ0n) is 15.8. The number of pyridine rings is 1. The van der Waals surface area contributed by atoms with E-state index in [-0.39, 0.29) is 24.3 Å². The van der Waals surface area contributed by atoms with Gasteiger partial charge in [0.1, 0.15) is 10.7 Å². The first kappa shape index (κ1) is 21.2. The summed E-state index contributed by atoms with van der Waals surface area (Å²) < 4.78 is 4.72. The van der Waals surface area contributed by atoms with Crippen molar-refractivity contribution in [3.8, 4) is 0 Å². The van der Waals surface area contributed by atoms with Crippen molar-refractivity contribution in [1.82, 2.24) is 9.88 Å².